The van der Waals surface area contributed by atoms with E-state index in [1.807, 2.05) is 0 Å². The summed E-state index contributed by atoms with van der Waals surface area (Å²) in [6.07, 6.45) is 11.2. The van der Waals surface area contributed by atoms with Gasteiger partial charge in [0, 0.05) is 17.9 Å². The van der Waals surface area contributed by atoms with Gasteiger partial charge in [-0.25, -0.2) is 0 Å². The molecule has 0 saturated heterocycles. The number of para-hydroxylation sites is 2. The van der Waals surface area contributed by atoms with E-state index in [9.17, 15) is 5.26 Å². The summed E-state index contributed by atoms with van der Waals surface area (Å²) in [6, 6.07) is 19.8. The van der Waals surface area contributed by atoms with Crippen molar-refractivity contribution in [3.05, 3.63) is 59.7 Å². The molecular formula is C23H24N2. The van der Waals surface area contributed by atoms with E-state index in [1.165, 1.54) is 28.9 Å². The molecule has 0 bridgehead atoms. The SMILES string of the molecule is N#CC1(CCCCN2c3ccccc3C=Cc3ccccc32)CCC1. The van der Waals surface area contributed by atoms with Crippen molar-refractivity contribution in [1.29, 1.82) is 5.26 Å². The van der Waals surface area contributed by atoms with Gasteiger partial charge in [-0.2, -0.15) is 5.26 Å². The summed E-state index contributed by atoms with van der Waals surface area (Å²) >= 11 is 0. The predicted octanol–water partition coefficient (Wildman–Crippen LogP) is 6.17. The number of unbranched alkanes of at least 4 members (excludes halogenated alkanes) is 1. The molecule has 25 heavy (non-hydrogen) atoms. The predicted molar refractivity (Wildman–Crippen MR) is 105 cm³/mol. The smallest absolute Gasteiger partial charge is 0.0689 e. The molecule has 1 aliphatic carbocycles. The van der Waals surface area contributed by atoms with Crippen LogP contribution in [0.3, 0.4) is 0 Å². The van der Waals surface area contributed by atoms with E-state index in [-0.39, 0.29) is 5.41 Å². The first-order chi connectivity index (χ1) is 12.3. The Morgan fingerprint density at radius 2 is 1.48 bits per heavy atom. The van der Waals surface area contributed by atoms with Crippen LogP contribution in [0.15, 0.2) is 48.5 Å². The molecular weight excluding hydrogens is 304 g/mol. The lowest BCUT2D eigenvalue weighted by molar-refractivity contribution is 0.192. The van der Waals surface area contributed by atoms with Crippen molar-refractivity contribution < 1.29 is 0 Å². The van der Waals surface area contributed by atoms with E-state index < -0.39 is 0 Å². The molecule has 0 unspecified atom stereocenters. The summed E-state index contributed by atoms with van der Waals surface area (Å²) in [5.74, 6) is 0. The van der Waals surface area contributed by atoms with E-state index in [2.05, 4.69) is 71.7 Å². The molecule has 1 aliphatic heterocycles. The average Bonchev–Trinajstić information content (AvgIpc) is 2.78. The van der Waals surface area contributed by atoms with Gasteiger partial charge >= 0.3 is 0 Å². The number of benzene rings is 2. The molecule has 0 aromatic heterocycles. The van der Waals surface area contributed by atoms with Crippen molar-refractivity contribution in [3.63, 3.8) is 0 Å². The largest absolute Gasteiger partial charge is 0.341 e. The average molecular weight is 328 g/mol. The van der Waals surface area contributed by atoms with Crippen LogP contribution in [0.2, 0.25) is 0 Å². The third-order valence-electron chi connectivity index (χ3n) is 5.73. The molecule has 2 aromatic rings. The summed E-state index contributed by atoms with van der Waals surface area (Å²) in [5, 5.41) is 9.41. The van der Waals surface area contributed by atoms with Gasteiger partial charge in [-0.3, -0.25) is 0 Å². The highest BCUT2D eigenvalue weighted by Gasteiger charge is 2.36. The van der Waals surface area contributed by atoms with Crippen molar-refractivity contribution in [2.75, 3.05) is 11.4 Å². The van der Waals surface area contributed by atoms with Crippen LogP contribution >= 0.6 is 0 Å². The molecule has 0 radical (unpaired) electrons. The van der Waals surface area contributed by atoms with Gasteiger partial charge in [-0.05, 0) is 48.9 Å². The standard InChI is InChI=1S/C23H24N2/c24-18-23(15-7-16-23)14-5-6-17-25-21-10-3-1-8-19(21)12-13-20-9-2-4-11-22(20)25/h1-4,8-13H,5-7,14-17H2. The maximum absolute atomic E-state index is 9.41. The number of nitrogens with zero attached hydrogens (tertiary/aromatic N) is 2. The monoisotopic (exact) mass is 328 g/mol. The number of hydrogen-bond donors (Lipinski definition) is 0. The van der Waals surface area contributed by atoms with Gasteiger partial charge in [-0.1, -0.05) is 61.4 Å². The van der Waals surface area contributed by atoms with Crippen LogP contribution in [-0.2, 0) is 0 Å². The van der Waals surface area contributed by atoms with Gasteiger partial charge < -0.3 is 4.90 Å². The molecule has 1 saturated carbocycles. The summed E-state index contributed by atoms with van der Waals surface area (Å²) in [7, 11) is 0. The highest BCUT2D eigenvalue weighted by atomic mass is 15.1. The lowest BCUT2D eigenvalue weighted by Gasteiger charge is -2.35. The van der Waals surface area contributed by atoms with Crippen LogP contribution in [0.5, 0.6) is 0 Å². The summed E-state index contributed by atoms with van der Waals surface area (Å²) in [6.45, 7) is 0.997. The number of hydrogen-bond acceptors (Lipinski definition) is 2. The Morgan fingerprint density at radius 3 is 2.00 bits per heavy atom. The van der Waals surface area contributed by atoms with Crippen LogP contribution < -0.4 is 4.90 Å². The lowest BCUT2D eigenvalue weighted by Crippen LogP contribution is -2.27. The molecule has 1 fully saturated rings. The number of nitriles is 1. The highest BCUT2D eigenvalue weighted by Crippen LogP contribution is 2.44. The van der Waals surface area contributed by atoms with E-state index in [0.29, 0.717) is 0 Å². The van der Waals surface area contributed by atoms with Crippen LogP contribution in [0, 0.1) is 16.7 Å². The molecule has 1 heterocycles. The summed E-state index contributed by atoms with van der Waals surface area (Å²) in [5.41, 5.74) is 5.10. The molecule has 0 spiro atoms. The van der Waals surface area contributed by atoms with Crippen LogP contribution in [0.1, 0.15) is 49.7 Å². The number of fused-ring (bicyclic) bond motifs is 2. The fourth-order valence-corrected chi connectivity index (χ4v) is 4.05. The van der Waals surface area contributed by atoms with Crippen molar-refractivity contribution in [2.45, 2.75) is 38.5 Å². The minimum atomic E-state index is -0.00381. The van der Waals surface area contributed by atoms with E-state index in [4.69, 9.17) is 0 Å². The van der Waals surface area contributed by atoms with Crippen molar-refractivity contribution in [3.8, 4) is 6.07 Å². The first-order valence-electron chi connectivity index (χ1n) is 9.36. The van der Waals surface area contributed by atoms with Crippen molar-refractivity contribution >= 4 is 23.5 Å². The third-order valence-corrected chi connectivity index (χ3v) is 5.73. The molecule has 2 aliphatic rings. The normalized spacial score (nSPS) is 17.0. The molecule has 0 amide bonds. The maximum atomic E-state index is 9.41. The Balaban J connectivity index is 1.52. The Kier molecular flexibility index (Phi) is 4.32. The van der Waals surface area contributed by atoms with Crippen molar-refractivity contribution in [2.24, 2.45) is 5.41 Å². The number of rotatable bonds is 5. The molecule has 126 valence electrons. The second-order valence-corrected chi connectivity index (χ2v) is 7.31. The fraction of sp³-hybridized carbons (Fsp3) is 0.348. The molecule has 2 nitrogen and oxygen atoms in total. The van der Waals surface area contributed by atoms with Gasteiger partial charge in [0.2, 0.25) is 0 Å². The summed E-state index contributed by atoms with van der Waals surface area (Å²) < 4.78 is 0. The van der Waals surface area contributed by atoms with Gasteiger partial charge in [0.05, 0.1) is 11.5 Å². The zero-order valence-corrected chi connectivity index (χ0v) is 14.6. The molecule has 0 N–H and O–H groups in total. The Bertz CT molecular complexity index is 774. The molecule has 2 aromatic carbocycles. The topological polar surface area (TPSA) is 27.0 Å². The zero-order chi connectivity index (χ0) is 17.1. The van der Waals surface area contributed by atoms with Gasteiger partial charge in [0.1, 0.15) is 0 Å². The molecule has 2 heteroatoms. The summed E-state index contributed by atoms with van der Waals surface area (Å²) in [4.78, 5) is 2.45. The van der Waals surface area contributed by atoms with Crippen molar-refractivity contribution in [1.82, 2.24) is 0 Å². The van der Waals surface area contributed by atoms with Crippen LogP contribution in [0.4, 0.5) is 11.4 Å². The van der Waals surface area contributed by atoms with Gasteiger partial charge in [0.25, 0.3) is 0 Å². The number of anilines is 2. The van der Waals surface area contributed by atoms with Crippen LogP contribution in [-0.4, -0.2) is 6.54 Å². The third kappa shape index (κ3) is 3.07. The Morgan fingerprint density at radius 1 is 0.880 bits per heavy atom. The van der Waals surface area contributed by atoms with E-state index >= 15 is 0 Å². The van der Waals surface area contributed by atoms with E-state index in [1.54, 1.807) is 0 Å². The minimum Gasteiger partial charge on any atom is -0.341 e. The first-order valence-corrected chi connectivity index (χ1v) is 9.36. The van der Waals surface area contributed by atoms with E-state index in [0.717, 1.165) is 38.6 Å². The lowest BCUT2D eigenvalue weighted by atomic mass is 9.67. The fourth-order valence-electron chi connectivity index (χ4n) is 4.05. The van der Waals surface area contributed by atoms with Gasteiger partial charge in [-0.15, -0.1) is 0 Å². The highest BCUT2D eigenvalue weighted by molar-refractivity contribution is 5.88. The van der Waals surface area contributed by atoms with Crippen LogP contribution in [0.25, 0.3) is 12.2 Å². The molecule has 0 atom stereocenters. The maximum Gasteiger partial charge on any atom is 0.0689 e. The minimum absolute atomic E-state index is 0.00381. The quantitative estimate of drug-likeness (QED) is 0.613. The first kappa shape index (κ1) is 16.0. The second-order valence-electron chi connectivity index (χ2n) is 7.31. The second kappa shape index (κ2) is 6.76. The zero-order valence-electron chi connectivity index (χ0n) is 14.6. The Hall–Kier alpha value is -2.53. The Labute approximate surface area is 150 Å². The molecule has 4 rings (SSSR count). The van der Waals surface area contributed by atoms with Gasteiger partial charge in [0.15, 0.2) is 0 Å².